The van der Waals surface area contributed by atoms with Crippen LogP contribution in [0.5, 0.6) is 17.2 Å². The number of carbonyl (C=O) groups is 3. The van der Waals surface area contributed by atoms with Crippen LogP contribution in [0.2, 0.25) is 5.02 Å². The lowest BCUT2D eigenvalue weighted by Gasteiger charge is -2.19. The van der Waals surface area contributed by atoms with Gasteiger partial charge < -0.3 is 44.4 Å². The number of nitrogens with one attached hydrogen (secondary N) is 1. The van der Waals surface area contributed by atoms with E-state index in [2.05, 4.69) is 10.2 Å². The summed E-state index contributed by atoms with van der Waals surface area (Å²) in [6.07, 6.45) is 10.2. The molecule has 1 aliphatic rings. The first kappa shape index (κ1) is 44.4. The normalized spacial score (nSPS) is 19.3. The van der Waals surface area contributed by atoms with Crippen LogP contribution in [0.4, 0.5) is 0 Å². The number of esters is 2. The van der Waals surface area contributed by atoms with E-state index >= 15 is 0 Å². The van der Waals surface area contributed by atoms with Crippen LogP contribution >= 0.6 is 11.6 Å². The van der Waals surface area contributed by atoms with Crippen molar-refractivity contribution in [3.05, 3.63) is 93.5 Å². The number of nitrogens with zero attached hydrogens (tertiary/aromatic N) is 1. The minimum atomic E-state index is -0.949. The predicted octanol–water partition coefficient (Wildman–Crippen LogP) is 4.77. The third-order valence-corrected chi connectivity index (χ3v) is 8.79. The Bertz CT molecular complexity index is 1650. The molecule has 0 bridgehead atoms. The second kappa shape index (κ2) is 23.7. The highest BCUT2D eigenvalue weighted by atomic mass is 35.5. The lowest BCUT2D eigenvalue weighted by Crippen LogP contribution is -2.40. The van der Waals surface area contributed by atoms with Gasteiger partial charge in [0.2, 0.25) is 5.91 Å². The van der Waals surface area contributed by atoms with Crippen LogP contribution in [-0.2, 0) is 24.0 Å². The summed E-state index contributed by atoms with van der Waals surface area (Å²) < 4.78 is 21.4. The number of rotatable bonds is 23. The topological polar surface area (TPSA) is 213 Å². The maximum Gasteiger partial charge on any atom is 0.333 e. The van der Waals surface area contributed by atoms with Gasteiger partial charge in [-0.15, -0.1) is 10.1 Å². The third-order valence-electron chi connectivity index (χ3n) is 8.56. The highest BCUT2D eigenvalue weighted by molar-refractivity contribution is 6.30. The fraction of sp³-hybridized carbons (Fsp3) is 0.462. The van der Waals surface area contributed by atoms with E-state index in [1.165, 1.54) is 32.3 Å². The number of allylic oxidation sites excluding steroid dienone is 2. The number of benzene rings is 2. The minimum Gasteiger partial charge on any atom is -0.493 e. The summed E-state index contributed by atoms with van der Waals surface area (Å²) in [6.45, 7) is 1.50. The monoisotopic (exact) mass is 788 g/mol. The van der Waals surface area contributed by atoms with E-state index in [0.717, 1.165) is 0 Å². The molecule has 2 aromatic carbocycles. The van der Waals surface area contributed by atoms with Crippen LogP contribution in [0, 0.1) is 22.0 Å². The highest BCUT2D eigenvalue weighted by Crippen LogP contribution is 2.36. The summed E-state index contributed by atoms with van der Waals surface area (Å²) in [5.74, 6) is -1.38. The summed E-state index contributed by atoms with van der Waals surface area (Å²) in [5, 5.41) is 43.8. The summed E-state index contributed by atoms with van der Waals surface area (Å²) in [7, 11) is 1.39. The predicted molar refractivity (Wildman–Crippen MR) is 202 cm³/mol. The number of carbonyl (C=O) groups excluding carboxylic acids is 3. The number of methoxy groups -OCH3 is 1. The molecule has 6 atom stereocenters. The smallest absolute Gasteiger partial charge is 0.333 e. The summed E-state index contributed by atoms with van der Waals surface area (Å²) in [6, 6.07) is 10.5. The first-order valence-electron chi connectivity index (χ1n) is 17.9. The van der Waals surface area contributed by atoms with Crippen molar-refractivity contribution in [2.75, 3.05) is 26.9 Å². The van der Waals surface area contributed by atoms with Crippen molar-refractivity contribution in [2.24, 2.45) is 11.8 Å². The Balaban J connectivity index is 1.36. The van der Waals surface area contributed by atoms with Crippen molar-refractivity contribution in [1.82, 2.24) is 5.32 Å². The van der Waals surface area contributed by atoms with Crippen molar-refractivity contribution >= 4 is 35.5 Å². The quantitative estimate of drug-likeness (QED) is 0.0228. The van der Waals surface area contributed by atoms with Gasteiger partial charge >= 0.3 is 11.9 Å². The molecule has 1 unspecified atom stereocenters. The molecule has 0 heterocycles. The fourth-order valence-corrected chi connectivity index (χ4v) is 5.86. The number of ether oxygens (including phenoxy) is 4. The van der Waals surface area contributed by atoms with Gasteiger partial charge in [0.15, 0.2) is 11.5 Å². The molecule has 0 spiro atoms. The molecule has 0 aliphatic heterocycles. The molecule has 300 valence electrons. The van der Waals surface area contributed by atoms with Crippen LogP contribution in [0.3, 0.4) is 0 Å². The number of aliphatic hydroxyl groups excluding tert-OH is 3. The Hall–Kier alpha value is -4.96. The Kier molecular flexibility index (Phi) is 19.2. The van der Waals surface area contributed by atoms with Gasteiger partial charge in [0.05, 0.1) is 32.5 Å². The van der Waals surface area contributed by atoms with Gasteiger partial charge in [-0.2, -0.15) is 0 Å². The zero-order chi connectivity index (χ0) is 40.2. The molecule has 2 aromatic rings. The standard InChI is InChI=1S/C39H49ClN2O13/c1-26(39(48)55-35-18-14-27(22-36(35)51-2)15-19-38(47)52-20-7-8-21-54-42(49)50)41-37(46)13-6-4-3-5-12-31-32(34(45)24-33(31)44)17-16-29(43)25-53-30-11-9-10-28(40)23-30/h3,5,9-11,14-19,22-23,26,29,31-34,43-45H,4,6-8,12-13,20-21,24-25H2,1-2H3,(H,41,46)/t26?,29-,31-,32-,33+,34-/m1/s1. The molecular formula is C39H49ClN2O13. The Morgan fingerprint density at radius 1 is 1.05 bits per heavy atom. The number of halogens is 1. The maximum atomic E-state index is 12.7. The number of aliphatic hydroxyl groups is 3. The van der Waals surface area contributed by atoms with Gasteiger partial charge in [-0.1, -0.05) is 48.0 Å². The molecule has 1 fully saturated rings. The first-order chi connectivity index (χ1) is 26.4. The molecule has 0 radical (unpaired) electrons. The third kappa shape index (κ3) is 16.5. The Morgan fingerprint density at radius 3 is 2.58 bits per heavy atom. The fourth-order valence-electron chi connectivity index (χ4n) is 5.68. The first-order valence-corrected chi connectivity index (χ1v) is 18.3. The second-order valence-corrected chi connectivity index (χ2v) is 13.3. The van der Waals surface area contributed by atoms with E-state index in [0.29, 0.717) is 48.4 Å². The van der Waals surface area contributed by atoms with E-state index in [1.54, 1.807) is 48.6 Å². The molecule has 4 N–H and O–H groups in total. The van der Waals surface area contributed by atoms with Crippen LogP contribution in [0.15, 0.2) is 72.8 Å². The van der Waals surface area contributed by atoms with Gasteiger partial charge in [-0.3, -0.25) is 4.79 Å². The van der Waals surface area contributed by atoms with E-state index < -0.39 is 41.4 Å². The molecule has 15 nitrogen and oxygen atoms in total. The van der Waals surface area contributed by atoms with Gasteiger partial charge in [0.25, 0.3) is 5.09 Å². The van der Waals surface area contributed by atoms with Crippen LogP contribution in [0.1, 0.15) is 57.4 Å². The second-order valence-electron chi connectivity index (χ2n) is 12.8. The highest BCUT2D eigenvalue weighted by Gasteiger charge is 2.39. The molecule has 3 rings (SSSR count). The van der Waals surface area contributed by atoms with Gasteiger partial charge in [-0.05, 0) is 86.9 Å². The van der Waals surface area contributed by atoms with Gasteiger partial charge in [0.1, 0.15) is 24.5 Å². The zero-order valence-electron chi connectivity index (χ0n) is 30.8. The molecule has 0 saturated heterocycles. The van der Waals surface area contributed by atoms with E-state index in [1.807, 2.05) is 12.2 Å². The summed E-state index contributed by atoms with van der Waals surface area (Å²) in [4.78, 5) is 51.5. The minimum absolute atomic E-state index is 0.00286. The van der Waals surface area contributed by atoms with E-state index in [4.69, 9.17) is 30.5 Å². The van der Waals surface area contributed by atoms with Crippen molar-refractivity contribution in [3.63, 3.8) is 0 Å². The maximum absolute atomic E-state index is 12.7. The zero-order valence-corrected chi connectivity index (χ0v) is 31.5. The Morgan fingerprint density at radius 2 is 1.84 bits per heavy atom. The van der Waals surface area contributed by atoms with Crippen LogP contribution in [-0.4, -0.2) is 89.5 Å². The molecular weight excluding hydrogens is 740 g/mol. The van der Waals surface area contributed by atoms with Gasteiger partial charge in [0, 0.05) is 29.9 Å². The van der Waals surface area contributed by atoms with Crippen molar-refractivity contribution in [3.8, 4) is 17.2 Å². The SMILES string of the molecule is COc1cc(C=CC(=O)OCCCCO[N+](=O)[O-])ccc1OC(=O)C(C)NC(=O)CCCC=CC[C@@H]1[C@@H](C=C[C@@H](O)COc2cccc(Cl)c2)[C@H](O)C[C@@H]1O. The van der Waals surface area contributed by atoms with Crippen LogP contribution < -0.4 is 19.5 Å². The molecule has 16 heteroatoms. The number of hydrogen-bond donors (Lipinski definition) is 4. The number of hydrogen-bond acceptors (Lipinski definition) is 13. The average Bonchev–Trinajstić information content (AvgIpc) is 3.42. The summed E-state index contributed by atoms with van der Waals surface area (Å²) >= 11 is 5.96. The van der Waals surface area contributed by atoms with Crippen molar-refractivity contribution in [1.29, 1.82) is 0 Å². The summed E-state index contributed by atoms with van der Waals surface area (Å²) in [5.41, 5.74) is 0.559. The average molecular weight is 789 g/mol. The van der Waals surface area contributed by atoms with Crippen molar-refractivity contribution in [2.45, 2.75) is 76.2 Å². The molecule has 1 saturated carbocycles. The Labute approximate surface area is 324 Å². The molecule has 1 amide bonds. The lowest BCUT2D eigenvalue weighted by atomic mass is 9.89. The molecule has 0 aromatic heterocycles. The van der Waals surface area contributed by atoms with E-state index in [9.17, 15) is 39.8 Å². The number of amides is 1. The van der Waals surface area contributed by atoms with Gasteiger partial charge in [-0.25, -0.2) is 9.59 Å². The largest absolute Gasteiger partial charge is 0.493 e. The van der Waals surface area contributed by atoms with Crippen molar-refractivity contribution < 1.29 is 58.6 Å². The van der Waals surface area contributed by atoms with E-state index in [-0.39, 0.29) is 61.9 Å². The van der Waals surface area contributed by atoms with Crippen LogP contribution in [0.25, 0.3) is 6.08 Å². The molecule has 55 heavy (non-hydrogen) atoms. The lowest BCUT2D eigenvalue weighted by molar-refractivity contribution is -0.757. The number of unbranched alkanes of at least 4 members (excludes halogenated alkanes) is 2. The molecule has 1 aliphatic carbocycles.